The Hall–Kier alpha value is -2.44. The second-order valence-electron chi connectivity index (χ2n) is 5.53. The van der Waals surface area contributed by atoms with Gasteiger partial charge in [0.05, 0.1) is 18.2 Å². The van der Waals surface area contributed by atoms with Crippen molar-refractivity contribution in [3.63, 3.8) is 0 Å². The van der Waals surface area contributed by atoms with Crippen molar-refractivity contribution in [1.82, 2.24) is 24.8 Å². The Bertz CT molecular complexity index is 627. The molecule has 0 aliphatic carbocycles. The first kappa shape index (κ1) is 14.5. The largest absolute Gasteiger partial charge is 0.372 e. The number of imidazole rings is 1. The first-order valence-corrected chi connectivity index (χ1v) is 7.53. The highest BCUT2D eigenvalue weighted by Crippen LogP contribution is 2.23. The zero-order valence-electron chi connectivity index (χ0n) is 12.6. The molecule has 1 saturated heterocycles. The monoisotopic (exact) mass is 300 g/mol. The molecule has 1 atom stereocenters. The number of aromatic nitrogens is 4. The smallest absolute Gasteiger partial charge is 0.271 e. The summed E-state index contributed by atoms with van der Waals surface area (Å²) in [6, 6.07) is 0. The minimum atomic E-state index is 0.0233. The molecule has 3 heterocycles. The lowest BCUT2D eigenvalue weighted by atomic mass is 9.93. The molecule has 0 bridgehead atoms. The number of H-pyrrole nitrogens is 1. The van der Waals surface area contributed by atoms with Crippen LogP contribution in [0.4, 0.5) is 5.82 Å². The zero-order valence-corrected chi connectivity index (χ0v) is 12.6. The molecule has 0 unspecified atom stereocenters. The highest BCUT2D eigenvalue weighted by Gasteiger charge is 2.26. The summed E-state index contributed by atoms with van der Waals surface area (Å²) in [5.41, 5.74) is 1.52. The van der Waals surface area contributed by atoms with Crippen LogP contribution in [0.25, 0.3) is 0 Å². The van der Waals surface area contributed by atoms with Crippen molar-refractivity contribution in [2.24, 2.45) is 5.92 Å². The third kappa shape index (κ3) is 3.08. The summed E-state index contributed by atoms with van der Waals surface area (Å²) in [4.78, 5) is 29.8. The number of likely N-dealkylation sites (tertiary alicyclic amines) is 1. The van der Waals surface area contributed by atoms with Crippen LogP contribution in [0.3, 0.4) is 0 Å². The molecule has 0 saturated carbocycles. The average Bonchev–Trinajstić information content (AvgIpc) is 3.09. The predicted molar refractivity (Wildman–Crippen MR) is 82.5 cm³/mol. The molecule has 3 rings (SSSR count). The van der Waals surface area contributed by atoms with Crippen LogP contribution in [0.2, 0.25) is 0 Å². The second kappa shape index (κ2) is 6.55. The lowest BCUT2D eigenvalue weighted by Crippen LogP contribution is -2.40. The Morgan fingerprint density at radius 2 is 2.32 bits per heavy atom. The van der Waals surface area contributed by atoms with E-state index in [1.807, 2.05) is 11.9 Å². The number of nitrogens with one attached hydrogen (secondary N) is 2. The summed E-state index contributed by atoms with van der Waals surface area (Å²) in [5.74, 6) is 1.25. The molecule has 22 heavy (non-hydrogen) atoms. The molecule has 0 spiro atoms. The molecule has 1 amide bonds. The Labute approximate surface area is 129 Å². The molecule has 116 valence electrons. The van der Waals surface area contributed by atoms with Crippen molar-refractivity contribution in [3.8, 4) is 0 Å². The number of anilines is 1. The summed E-state index contributed by atoms with van der Waals surface area (Å²) < 4.78 is 0. The van der Waals surface area contributed by atoms with Gasteiger partial charge in [-0.3, -0.25) is 9.78 Å². The van der Waals surface area contributed by atoms with Gasteiger partial charge in [0.2, 0.25) is 0 Å². The highest BCUT2D eigenvalue weighted by molar-refractivity contribution is 5.92. The maximum Gasteiger partial charge on any atom is 0.271 e. The van der Waals surface area contributed by atoms with Crippen LogP contribution < -0.4 is 5.32 Å². The van der Waals surface area contributed by atoms with Crippen LogP contribution in [0.15, 0.2) is 24.9 Å². The minimum Gasteiger partial charge on any atom is -0.372 e. The molecule has 1 aliphatic heterocycles. The lowest BCUT2D eigenvalue weighted by molar-refractivity contribution is 0.0667. The van der Waals surface area contributed by atoms with Crippen LogP contribution in [-0.2, 0) is 6.42 Å². The van der Waals surface area contributed by atoms with E-state index in [4.69, 9.17) is 0 Å². The molecule has 2 N–H and O–H groups in total. The summed E-state index contributed by atoms with van der Waals surface area (Å²) in [6.45, 7) is 1.55. The number of piperidine rings is 1. The maximum absolute atomic E-state index is 12.4. The minimum absolute atomic E-state index is 0.0233. The van der Waals surface area contributed by atoms with E-state index in [9.17, 15) is 4.79 Å². The summed E-state index contributed by atoms with van der Waals surface area (Å²) in [6.07, 6.45) is 9.46. The standard InChI is InChI=1S/C15H20N6O/c1-16-14-12(18-4-5-19-14)7-11-3-2-6-21(9-11)15(22)13-8-17-10-20-13/h4-5,8,10-11H,2-3,6-7,9H2,1H3,(H,16,19)(H,17,20)/t11-/m1/s1. The van der Waals surface area contributed by atoms with E-state index < -0.39 is 0 Å². The van der Waals surface area contributed by atoms with Gasteiger partial charge in [-0.1, -0.05) is 0 Å². The number of carbonyl (C=O) groups is 1. The van der Waals surface area contributed by atoms with E-state index in [2.05, 4.69) is 25.3 Å². The number of amides is 1. The molecule has 2 aromatic heterocycles. The van der Waals surface area contributed by atoms with E-state index in [0.717, 1.165) is 43.9 Å². The van der Waals surface area contributed by atoms with Gasteiger partial charge in [-0.05, 0) is 25.2 Å². The third-order valence-electron chi connectivity index (χ3n) is 4.03. The van der Waals surface area contributed by atoms with Crippen LogP contribution in [0, 0.1) is 5.92 Å². The van der Waals surface area contributed by atoms with Gasteiger partial charge in [0.25, 0.3) is 5.91 Å². The fourth-order valence-electron chi connectivity index (χ4n) is 2.96. The molecule has 0 aromatic carbocycles. The van der Waals surface area contributed by atoms with E-state index in [0.29, 0.717) is 11.6 Å². The average molecular weight is 300 g/mol. The zero-order chi connectivity index (χ0) is 15.4. The fraction of sp³-hybridized carbons (Fsp3) is 0.467. The first-order chi connectivity index (χ1) is 10.8. The van der Waals surface area contributed by atoms with Crippen LogP contribution in [0.1, 0.15) is 29.0 Å². The molecular weight excluding hydrogens is 280 g/mol. The van der Waals surface area contributed by atoms with Crippen LogP contribution in [-0.4, -0.2) is 50.9 Å². The van der Waals surface area contributed by atoms with Crippen molar-refractivity contribution < 1.29 is 4.79 Å². The number of aromatic amines is 1. The highest BCUT2D eigenvalue weighted by atomic mass is 16.2. The Kier molecular flexibility index (Phi) is 4.32. The molecule has 7 nitrogen and oxygen atoms in total. The molecule has 1 fully saturated rings. The van der Waals surface area contributed by atoms with Gasteiger partial charge < -0.3 is 15.2 Å². The van der Waals surface area contributed by atoms with E-state index in [1.54, 1.807) is 18.6 Å². The van der Waals surface area contributed by atoms with E-state index >= 15 is 0 Å². The number of rotatable bonds is 4. The number of carbonyl (C=O) groups excluding carboxylic acids is 1. The molecule has 2 aromatic rings. The van der Waals surface area contributed by atoms with Crippen molar-refractivity contribution >= 4 is 11.7 Å². The molecule has 7 heteroatoms. The quantitative estimate of drug-likeness (QED) is 0.889. The van der Waals surface area contributed by atoms with Crippen molar-refractivity contribution in [1.29, 1.82) is 0 Å². The Morgan fingerprint density at radius 1 is 1.45 bits per heavy atom. The van der Waals surface area contributed by atoms with Gasteiger partial charge in [0, 0.05) is 32.5 Å². The summed E-state index contributed by atoms with van der Waals surface area (Å²) in [7, 11) is 1.85. The van der Waals surface area contributed by atoms with Gasteiger partial charge in [-0.25, -0.2) is 9.97 Å². The second-order valence-corrected chi connectivity index (χ2v) is 5.53. The van der Waals surface area contributed by atoms with E-state index in [-0.39, 0.29) is 5.91 Å². The third-order valence-corrected chi connectivity index (χ3v) is 4.03. The van der Waals surface area contributed by atoms with Gasteiger partial charge in [-0.15, -0.1) is 0 Å². The van der Waals surface area contributed by atoms with Gasteiger partial charge >= 0.3 is 0 Å². The van der Waals surface area contributed by atoms with Gasteiger partial charge in [0.15, 0.2) is 0 Å². The van der Waals surface area contributed by atoms with E-state index in [1.165, 1.54) is 6.33 Å². The van der Waals surface area contributed by atoms with Crippen LogP contribution in [0.5, 0.6) is 0 Å². The maximum atomic E-state index is 12.4. The predicted octanol–water partition coefficient (Wildman–Crippen LogP) is 1.34. The molecule has 1 aliphatic rings. The van der Waals surface area contributed by atoms with Crippen LogP contribution >= 0.6 is 0 Å². The molecule has 0 radical (unpaired) electrons. The van der Waals surface area contributed by atoms with Crippen molar-refractivity contribution in [2.45, 2.75) is 19.3 Å². The van der Waals surface area contributed by atoms with Crippen molar-refractivity contribution in [3.05, 3.63) is 36.3 Å². The topological polar surface area (TPSA) is 86.8 Å². The SMILES string of the molecule is CNc1nccnc1C[C@H]1CCCN(C(=O)c2cnc[nH]2)C1. The number of nitrogens with zero attached hydrogens (tertiary/aromatic N) is 4. The van der Waals surface area contributed by atoms with Crippen molar-refractivity contribution in [2.75, 3.05) is 25.5 Å². The molecular formula is C15H20N6O. The van der Waals surface area contributed by atoms with Gasteiger partial charge in [-0.2, -0.15) is 0 Å². The summed E-state index contributed by atoms with van der Waals surface area (Å²) >= 11 is 0. The fourth-order valence-corrected chi connectivity index (χ4v) is 2.96. The lowest BCUT2D eigenvalue weighted by Gasteiger charge is -2.32. The Balaban J connectivity index is 1.67. The Morgan fingerprint density at radius 3 is 3.09 bits per heavy atom. The number of hydrogen-bond donors (Lipinski definition) is 2. The van der Waals surface area contributed by atoms with Gasteiger partial charge in [0.1, 0.15) is 11.5 Å². The first-order valence-electron chi connectivity index (χ1n) is 7.53. The summed E-state index contributed by atoms with van der Waals surface area (Å²) in [5, 5.41) is 3.07. The number of hydrogen-bond acceptors (Lipinski definition) is 5. The normalized spacial score (nSPS) is 18.2.